The number of amides is 2. The first-order valence-electron chi connectivity index (χ1n) is 7.61. The predicted octanol–water partition coefficient (Wildman–Crippen LogP) is 3.07. The van der Waals surface area contributed by atoms with Crippen molar-refractivity contribution in [1.29, 1.82) is 0 Å². The summed E-state index contributed by atoms with van der Waals surface area (Å²) in [5, 5.41) is 2.67. The van der Waals surface area contributed by atoms with Crippen LogP contribution in [0.5, 0.6) is 0 Å². The molecule has 1 saturated heterocycles. The highest BCUT2D eigenvalue weighted by Crippen LogP contribution is 2.41. The molecule has 118 valence electrons. The molecule has 2 aliphatic rings. The van der Waals surface area contributed by atoms with E-state index < -0.39 is 5.82 Å². The molecule has 0 aromatic heterocycles. The molecule has 1 aromatic carbocycles. The molecule has 3 rings (SSSR count). The van der Waals surface area contributed by atoms with Crippen LogP contribution in [-0.2, 0) is 9.59 Å². The number of nitrogens with one attached hydrogen (secondary N) is 1. The van der Waals surface area contributed by atoms with Gasteiger partial charge in [0.25, 0.3) is 0 Å². The van der Waals surface area contributed by atoms with Gasteiger partial charge in [0.2, 0.25) is 11.8 Å². The Kier molecular flexibility index (Phi) is 4.34. The van der Waals surface area contributed by atoms with Crippen molar-refractivity contribution in [3.63, 3.8) is 0 Å². The van der Waals surface area contributed by atoms with Gasteiger partial charge in [0.05, 0.1) is 16.9 Å². The van der Waals surface area contributed by atoms with Crippen LogP contribution in [0.3, 0.4) is 0 Å². The third-order valence-corrected chi connectivity index (χ3v) is 4.59. The van der Waals surface area contributed by atoms with Gasteiger partial charge in [0, 0.05) is 18.8 Å². The van der Waals surface area contributed by atoms with Crippen LogP contribution >= 0.6 is 11.6 Å². The van der Waals surface area contributed by atoms with Crippen LogP contribution in [0.2, 0.25) is 5.02 Å². The second kappa shape index (κ2) is 6.24. The van der Waals surface area contributed by atoms with Crippen LogP contribution in [0.25, 0.3) is 0 Å². The summed E-state index contributed by atoms with van der Waals surface area (Å²) in [5.74, 6) is -1.11. The number of hydrogen-bond donors (Lipinski definition) is 1. The first-order valence-corrected chi connectivity index (χ1v) is 7.99. The molecule has 1 N–H and O–H groups in total. The van der Waals surface area contributed by atoms with Crippen LogP contribution in [0.4, 0.5) is 10.1 Å². The fraction of sp³-hybridized carbons (Fsp3) is 0.500. The first kappa shape index (κ1) is 15.3. The number of halogens is 2. The van der Waals surface area contributed by atoms with Crippen molar-refractivity contribution in [2.45, 2.75) is 25.7 Å². The van der Waals surface area contributed by atoms with E-state index in [0.717, 1.165) is 25.9 Å². The standard InChI is InChI=1S/C16H18ClFN2O2/c17-13-8-10(4-5-14(13)18)19-15(21)11-9-12(11)16(22)20-6-2-1-3-7-20/h4-5,8,11-12H,1-3,6-7,9H2,(H,19,21). The Morgan fingerprint density at radius 1 is 1.18 bits per heavy atom. The molecule has 1 aliphatic carbocycles. The summed E-state index contributed by atoms with van der Waals surface area (Å²) >= 11 is 5.69. The summed E-state index contributed by atoms with van der Waals surface area (Å²) in [5.41, 5.74) is 0.451. The van der Waals surface area contributed by atoms with E-state index in [4.69, 9.17) is 11.6 Å². The lowest BCUT2D eigenvalue weighted by Crippen LogP contribution is -2.37. The van der Waals surface area contributed by atoms with Gasteiger partial charge in [0.15, 0.2) is 0 Å². The molecule has 2 amide bonds. The number of carbonyl (C=O) groups excluding carboxylic acids is 2. The quantitative estimate of drug-likeness (QED) is 0.929. The van der Waals surface area contributed by atoms with Crippen molar-refractivity contribution in [3.8, 4) is 0 Å². The molecule has 2 atom stereocenters. The topological polar surface area (TPSA) is 49.4 Å². The molecule has 1 aliphatic heterocycles. The molecule has 1 heterocycles. The fourth-order valence-corrected chi connectivity index (χ4v) is 3.10. The van der Waals surface area contributed by atoms with Crippen molar-refractivity contribution in [2.24, 2.45) is 11.8 Å². The third kappa shape index (κ3) is 3.24. The molecule has 2 unspecified atom stereocenters. The number of piperidine rings is 1. The minimum Gasteiger partial charge on any atom is -0.342 e. The van der Waals surface area contributed by atoms with E-state index in [2.05, 4.69) is 5.32 Å². The summed E-state index contributed by atoms with van der Waals surface area (Å²) in [6.45, 7) is 1.61. The van der Waals surface area contributed by atoms with E-state index in [1.165, 1.54) is 24.6 Å². The van der Waals surface area contributed by atoms with E-state index >= 15 is 0 Å². The number of rotatable bonds is 3. The Morgan fingerprint density at radius 2 is 1.91 bits per heavy atom. The molecular formula is C16H18ClFN2O2. The van der Waals surface area contributed by atoms with Gasteiger partial charge in [-0.2, -0.15) is 0 Å². The fourth-order valence-electron chi connectivity index (χ4n) is 2.92. The Hall–Kier alpha value is -1.62. The number of hydrogen-bond acceptors (Lipinski definition) is 2. The minimum absolute atomic E-state index is 0.0328. The maximum atomic E-state index is 13.1. The summed E-state index contributed by atoms with van der Waals surface area (Å²) in [4.78, 5) is 26.3. The first-order chi connectivity index (χ1) is 10.6. The smallest absolute Gasteiger partial charge is 0.228 e. The maximum absolute atomic E-state index is 13.1. The Bertz CT molecular complexity index is 602. The average Bonchev–Trinajstić information content (AvgIpc) is 3.32. The molecule has 4 nitrogen and oxygen atoms in total. The van der Waals surface area contributed by atoms with E-state index in [-0.39, 0.29) is 28.7 Å². The highest BCUT2D eigenvalue weighted by molar-refractivity contribution is 6.31. The summed E-state index contributed by atoms with van der Waals surface area (Å²) in [6, 6.07) is 4.04. The Balaban J connectivity index is 1.55. The molecule has 1 saturated carbocycles. The summed E-state index contributed by atoms with van der Waals surface area (Å²) in [7, 11) is 0. The number of nitrogens with zero attached hydrogens (tertiary/aromatic N) is 1. The van der Waals surface area contributed by atoms with Crippen LogP contribution < -0.4 is 5.32 Å². The molecule has 6 heteroatoms. The Morgan fingerprint density at radius 3 is 2.59 bits per heavy atom. The molecule has 0 radical (unpaired) electrons. The van der Waals surface area contributed by atoms with Crippen LogP contribution in [0.1, 0.15) is 25.7 Å². The largest absolute Gasteiger partial charge is 0.342 e. The molecule has 2 fully saturated rings. The second-order valence-electron chi connectivity index (χ2n) is 5.95. The van der Waals surface area contributed by atoms with Crippen molar-refractivity contribution >= 4 is 29.1 Å². The molecule has 1 aromatic rings. The van der Waals surface area contributed by atoms with Gasteiger partial charge in [-0.25, -0.2) is 4.39 Å². The van der Waals surface area contributed by atoms with E-state index in [9.17, 15) is 14.0 Å². The van der Waals surface area contributed by atoms with E-state index in [0.29, 0.717) is 12.1 Å². The number of anilines is 1. The van der Waals surface area contributed by atoms with Gasteiger partial charge in [-0.3, -0.25) is 9.59 Å². The lowest BCUT2D eigenvalue weighted by Gasteiger charge is -2.26. The van der Waals surface area contributed by atoms with E-state index in [1.54, 1.807) is 0 Å². The zero-order valence-corrected chi connectivity index (χ0v) is 12.9. The number of likely N-dealkylation sites (tertiary alicyclic amines) is 1. The van der Waals surface area contributed by atoms with Crippen molar-refractivity contribution in [2.75, 3.05) is 18.4 Å². The molecule has 0 spiro atoms. The van der Waals surface area contributed by atoms with Crippen molar-refractivity contribution in [1.82, 2.24) is 4.90 Å². The average molecular weight is 325 g/mol. The van der Waals surface area contributed by atoms with Crippen LogP contribution in [-0.4, -0.2) is 29.8 Å². The maximum Gasteiger partial charge on any atom is 0.228 e. The number of carbonyl (C=O) groups is 2. The predicted molar refractivity (Wildman–Crippen MR) is 82.1 cm³/mol. The third-order valence-electron chi connectivity index (χ3n) is 4.30. The van der Waals surface area contributed by atoms with Crippen LogP contribution in [0.15, 0.2) is 18.2 Å². The number of benzene rings is 1. The highest BCUT2D eigenvalue weighted by atomic mass is 35.5. The van der Waals surface area contributed by atoms with Crippen molar-refractivity contribution in [3.05, 3.63) is 29.0 Å². The zero-order valence-electron chi connectivity index (χ0n) is 12.1. The van der Waals surface area contributed by atoms with Gasteiger partial charge < -0.3 is 10.2 Å². The lowest BCUT2D eigenvalue weighted by molar-refractivity contribution is -0.134. The minimum atomic E-state index is -0.524. The van der Waals surface area contributed by atoms with E-state index in [1.807, 2.05) is 4.90 Å². The van der Waals surface area contributed by atoms with Gasteiger partial charge in [-0.1, -0.05) is 11.6 Å². The normalized spacial score (nSPS) is 24.0. The van der Waals surface area contributed by atoms with Crippen molar-refractivity contribution < 1.29 is 14.0 Å². The second-order valence-corrected chi connectivity index (χ2v) is 6.36. The SMILES string of the molecule is O=C(Nc1ccc(F)c(Cl)c1)C1CC1C(=O)N1CCCCC1. The summed E-state index contributed by atoms with van der Waals surface area (Å²) in [6.07, 6.45) is 3.85. The zero-order chi connectivity index (χ0) is 15.7. The summed E-state index contributed by atoms with van der Waals surface area (Å²) < 4.78 is 13.1. The van der Waals surface area contributed by atoms with Gasteiger partial charge in [-0.05, 0) is 43.9 Å². The monoisotopic (exact) mass is 324 g/mol. The highest BCUT2D eigenvalue weighted by Gasteiger charge is 2.49. The van der Waals surface area contributed by atoms with Gasteiger partial charge in [-0.15, -0.1) is 0 Å². The lowest BCUT2D eigenvalue weighted by atomic mass is 10.1. The molecule has 0 bridgehead atoms. The van der Waals surface area contributed by atoms with Gasteiger partial charge >= 0.3 is 0 Å². The van der Waals surface area contributed by atoms with Gasteiger partial charge in [0.1, 0.15) is 5.82 Å². The Labute approximate surface area is 133 Å². The van der Waals surface area contributed by atoms with Crippen LogP contribution in [0, 0.1) is 17.7 Å². The molecular weight excluding hydrogens is 307 g/mol. The molecule has 22 heavy (non-hydrogen) atoms.